The van der Waals surface area contributed by atoms with Crippen LogP contribution in [0, 0.1) is 0 Å². The minimum Gasteiger partial charge on any atom is -0.324 e. The van der Waals surface area contributed by atoms with E-state index in [9.17, 15) is 9.36 Å². The molecule has 4 N–H and O–H groups in total. The topological polar surface area (TPSA) is 101 Å². The lowest BCUT2D eigenvalue weighted by atomic mass is 10.3. The summed E-state index contributed by atoms with van der Waals surface area (Å²) in [5, 5.41) is 0. The first kappa shape index (κ1) is 9.78. The van der Waals surface area contributed by atoms with E-state index in [1.165, 1.54) is 6.92 Å². The van der Waals surface area contributed by atoms with E-state index in [1.807, 2.05) is 0 Å². The Balaban J connectivity index is 3.94. The molecule has 0 aliphatic rings. The molecular formula is C4H10NO4P. The van der Waals surface area contributed by atoms with E-state index in [0.717, 1.165) is 0 Å². The van der Waals surface area contributed by atoms with Gasteiger partial charge in [-0.3, -0.25) is 9.36 Å². The van der Waals surface area contributed by atoms with Gasteiger partial charge in [-0.05, 0) is 6.92 Å². The Morgan fingerprint density at radius 2 is 2.10 bits per heavy atom. The van der Waals surface area contributed by atoms with Crippen molar-refractivity contribution in [2.45, 2.75) is 13.0 Å². The van der Waals surface area contributed by atoms with Gasteiger partial charge in [-0.15, -0.1) is 0 Å². The van der Waals surface area contributed by atoms with Crippen molar-refractivity contribution in [2.75, 3.05) is 6.16 Å². The highest BCUT2D eigenvalue weighted by Gasteiger charge is 2.20. The maximum Gasteiger partial charge on any atom is 0.332 e. The average Bonchev–Trinajstić information content (AvgIpc) is 1.60. The Labute approximate surface area is 58.4 Å². The molecule has 0 amide bonds. The molecule has 0 aliphatic carbocycles. The van der Waals surface area contributed by atoms with Crippen LogP contribution in [-0.4, -0.2) is 27.8 Å². The Hall–Kier alpha value is -0.220. The van der Waals surface area contributed by atoms with Crippen LogP contribution in [0.15, 0.2) is 0 Å². The summed E-state index contributed by atoms with van der Waals surface area (Å²) in [6.45, 7) is 1.39. The highest BCUT2D eigenvalue weighted by Crippen LogP contribution is 2.33. The highest BCUT2D eigenvalue weighted by molar-refractivity contribution is 7.52. The lowest BCUT2D eigenvalue weighted by Crippen LogP contribution is -2.29. The molecule has 60 valence electrons. The number of hydrogen-bond donors (Lipinski definition) is 3. The molecular weight excluding hydrogens is 157 g/mol. The second-order valence-corrected chi connectivity index (χ2v) is 3.72. The van der Waals surface area contributed by atoms with Crippen LogP contribution in [0.3, 0.4) is 0 Å². The molecule has 0 saturated heterocycles. The van der Waals surface area contributed by atoms with Gasteiger partial charge >= 0.3 is 7.60 Å². The minimum absolute atomic E-state index is 0.617. The maximum atomic E-state index is 10.5. The van der Waals surface area contributed by atoms with Crippen LogP contribution in [-0.2, 0) is 9.36 Å². The van der Waals surface area contributed by atoms with Crippen LogP contribution in [0.5, 0.6) is 0 Å². The van der Waals surface area contributed by atoms with Gasteiger partial charge in [0.25, 0.3) is 0 Å². The molecule has 0 aromatic heterocycles. The molecule has 0 aromatic rings. The first-order chi connectivity index (χ1) is 4.33. The molecule has 0 heterocycles. The van der Waals surface area contributed by atoms with Crippen LogP contribution in [0.1, 0.15) is 6.92 Å². The van der Waals surface area contributed by atoms with Gasteiger partial charge in [-0.1, -0.05) is 0 Å². The van der Waals surface area contributed by atoms with E-state index in [4.69, 9.17) is 15.5 Å². The van der Waals surface area contributed by atoms with Crippen molar-refractivity contribution in [2.24, 2.45) is 5.73 Å². The third kappa shape index (κ3) is 4.64. The van der Waals surface area contributed by atoms with Crippen molar-refractivity contribution >= 4 is 13.4 Å². The third-order valence-corrected chi connectivity index (χ3v) is 1.59. The summed E-state index contributed by atoms with van der Waals surface area (Å²) in [5.41, 5.74) is 5.05. The molecule has 0 fully saturated rings. The molecule has 0 spiro atoms. The molecule has 0 aromatic carbocycles. The molecule has 0 bridgehead atoms. The third-order valence-electron chi connectivity index (χ3n) is 0.870. The van der Waals surface area contributed by atoms with E-state index in [0.29, 0.717) is 0 Å². The Bertz CT molecular complexity index is 172. The Morgan fingerprint density at radius 3 is 2.20 bits per heavy atom. The largest absolute Gasteiger partial charge is 0.332 e. The predicted octanol–water partition coefficient (Wildman–Crippen LogP) is -0.920. The fourth-order valence-electron chi connectivity index (χ4n) is 0.347. The quantitative estimate of drug-likeness (QED) is 0.472. The van der Waals surface area contributed by atoms with Crippen molar-refractivity contribution in [1.82, 2.24) is 0 Å². The molecule has 0 radical (unpaired) electrons. The zero-order valence-electron chi connectivity index (χ0n) is 5.52. The van der Waals surface area contributed by atoms with Crippen molar-refractivity contribution in [1.29, 1.82) is 0 Å². The van der Waals surface area contributed by atoms with Gasteiger partial charge in [0.05, 0.1) is 6.04 Å². The van der Waals surface area contributed by atoms with E-state index >= 15 is 0 Å². The number of Topliss-reactive ketones (excluding diaryl/α,β-unsaturated/α-hetero) is 1. The first-order valence-corrected chi connectivity index (χ1v) is 4.45. The predicted molar refractivity (Wildman–Crippen MR) is 35.6 cm³/mol. The fraction of sp³-hybridized carbons (Fsp3) is 0.750. The van der Waals surface area contributed by atoms with Crippen LogP contribution in [0.2, 0.25) is 0 Å². The summed E-state index contributed by atoms with van der Waals surface area (Å²) < 4.78 is 10.2. The average molecular weight is 167 g/mol. The number of ketones is 1. The molecule has 6 heteroatoms. The molecule has 10 heavy (non-hydrogen) atoms. The summed E-state index contributed by atoms with van der Waals surface area (Å²) in [4.78, 5) is 27.1. The summed E-state index contributed by atoms with van der Waals surface area (Å²) >= 11 is 0. The smallest absolute Gasteiger partial charge is 0.324 e. The zero-order valence-corrected chi connectivity index (χ0v) is 6.41. The summed E-state index contributed by atoms with van der Waals surface area (Å²) in [7, 11) is -4.21. The normalized spacial score (nSPS) is 14.8. The second kappa shape index (κ2) is 3.25. The number of carbonyl (C=O) groups is 1. The molecule has 1 atom stereocenters. The molecule has 0 aliphatic heterocycles. The van der Waals surface area contributed by atoms with Gasteiger partial charge in [0, 0.05) is 0 Å². The van der Waals surface area contributed by atoms with Crippen LogP contribution in [0.25, 0.3) is 0 Å². The van der Waals surface area contributed by atoms with Crippen LogP contribution < -0.4 is 5.73 Å². The van der Waals surface area contributed by atoms with Crippen LogP contribution in [0.4, 0.5) is 0 Å². The highest BCUT2D eigenvalue weighted by atomic mass is 31.2. The lowest BCUT2D eigenvalue weighted by Gasteiger charge is -2.04. The number of carbonyl (C=O) groups excluding carboxylic acids is 1. The molecule has 0 rings (SSSR count). The minimum atomic E-state index is -4.21. The van der Waals surface area contributed by atoms with Gasteiger partial charge in [0.1, 0.15) is 6.16 Å². The van der Waals surface area contributed by atoms with Gasteiger partial charge < -0.3 is 15.5 Å². The van der Waals surface area contributed by atoms with Crippen molar-refractivity contribution < 1.29 is 19.1 Å². The zero-order chi connectivity index (χ0) is 8.36. The fourth-order valence-corrected chi connectivity index (χ4v) is 1.04. The van der Waals surface area contributed by atoms with Gasteiger partial charge in [0.2, 0.25) is 0 Å². The molecule has 5 nitrogen and oxygen atoms in total. The SMILES string of the molecule is C[C@H](N)C(=O)CP(=O)(O)O. The molecule has 0 unspecified atom stereocenters. The summed E-state index contributed by atoms with van der Waals surface area (Å²) in [6.07, 6.45) is -0.759. The van der Waals surface area contributed by atoms with E-state index < -0.39 is 25.6 Å². The Kier molecular flexibility index (Phi) is 3.18. The Morgan fingerprint density at radius 1 is 1.70 bits per heavy atom. The van der Waals surface area contributed by atoms with Crippen LogP contribution >= 0.6 is 7.60 Å². The summed E-state index contributed by atoms with van der Waals surface area (Å²) in [5.74, 6) is -0.617. The number of rotatable bonds is 3. The second-order valence-electron chi connectivity index (χ2n) is 2.08. The number of hydrogen-bond acceptors (Lipinski definition) is 3. The van der Waals surface area contributed by atoms with E-state index in [1.54, 1.807) is 0 Å². The lowest BCUT2D eigenvalue weighted by molar-refractivity contribution is -0.117. The molecule has 0 saturated carbocycles. The van der Waals surface area contributed by atoms with Crippen molar-refractivity contribution in [3.05, 3.63) is 0 Å². The maximum absolute atomic E-state index is 10.5. The van der Waals surface area contributed by atoms with E-state index in [-0.39, 0.29) is 0 Å². The van der Waals surface area contributed by atoms with Crippen molar-refractivity contribution in [3.8, 4) is 0 Å². The van der Waals surface area contributed by atoms with Gasteiger partial charge in [-0.25, -0.2) is 0 Å². The number of nitrogens with two attached hydrogens (primary N) is 1. The van der Waals surface area contributed by atoms with Crippen molar-refractivity contribution in [3.63, 3.8) is 0 Å². The van der Waals surface area contributed by atoms with Gasteiger partial charge in [0.15, 0.2) is 5.78 Å². The van der Waals surface area contributed by atoms with Gasteiger partial charge in [-0.2, -0.15) is 0 Å². The monoisotopic (exact) mass is 167 g/mol. The first-order valence-electron chi connectivity index (χ1n) is 2.66. The standard InChI is InChI=1S/C4H10NO4P/c1-3(5)4(6)2-10(7,8)9/h3H,2,5H2,1H3,(H2,7,8,9)/t3-/m0/s1. The van der Waals surface area contributed by atoms with E-state index in [2.05, 4.69) is 0 Å². The summed E-state index contributed by atoms with van der Waals surface area (Å²) in [6, 6.07) is -0.798.